The fourth-order valence-corrected chi connectivity index (χ4v) is 7.00. The van der Waals surface area contributed by atoms with Gasteiger partial charge in [-0.25, -0.2) is 0 Å². The number of rotatable bonds is 11. The predicted molar refractivity (Wildman–Crippen MR) is 113 cm³/mol. The highest BCUT2D eigenvalue weighted by Gasteiger charge is 2.78. The van der Waals surface area contributed by atoms with Crippen molar-refractivity contribution >= 4 is 0 Å². The van der Waals surface area contributed by atoms with Gasteiger partial charge in [-0.1, -0.05) is 13.3 Å². The van der Waals surface area contributed by atoms with Crippen molar-refractivity contribution < 1.29 is 94.0 Å². The molecule has 3 nitrogen and oxygen atoms in total. The lowest BCUT2D eigenvalue weighted by molar-refractivity contribution is -0.401. The van der Waals surface area contributed by atoms with Crippen LogP contribution in [0.4, 0.5) is 79.0 Å². The SMILES string of the molecule is CC(CCC(CC(O)(C(F)(F)F)C(F)(F)F)CC(OC1C2CC3C(C2)C31)(C(F)(F)F)C(F)(F)F)CC(O)(C(F)(F)F)C(F)(F)F. The Hall–Kier alpha value is -1.38. The average molecular weight is 704 g/mol. The highest BCUT2D eigenvalue weighted by Crippen LogP contribution is 2.72. The molecule has 0 amide bonds. The Bertz CT molecular complexity index is 996. The van der Waals surface area contributed by atoms with Gasteiger partial charge in [0.05, 0.1) is 6.10 Å². The van der Waals surface area contributed by atoms with Crippen molar-refractivity contribution in [2.75, 3.05) is 0 Å². The maximum atomic E-state index is 14.3. The normalized spacial score (nSPS) is 28.1. The van der Waals surface area contributed by atoms with Gasteiger partial charge in [-0.2, -0.15) is 79.0 Å². The molecule has 5 atom stereocenters. The Balaban J connectivity index is 2.02. The summed E-state index contributed by atoms with van der Waals surface area (Å²) in [5, 5.41) is 18.9. The minimum Gasteiger partial charge on any atom is -0.374 e. The number of halogens is 18. The van der Waals surface area contributed by atoms with Gasteiger partial charge in [0, 0.05) is 0 Å². The molecule has 0 radical (unpaired) electrons. The van der Waals surface area contributed by atoms with Gasteiger partial charge in [-0.3, -0.25) is 0 Å². The molecule has 45 heavy (non-hydrogen) atoms. The summed E-state index contributed by atoms with van der Waals surface area (Å²) in [7, 11) is 0. The quantitative estimate of drug-likeness (QED) is 0.213. The molecular formula is C24H26F18O3. The highest BCUT2D eigenvalue weighted by molar-refractivity contribution is 5.18. The molecule has 0 aromatic rings. The molecule has 4 fully saturated rings. The van der Waals surface area contributed by atoms with E-state index in [9.17, 15) is 89.2 Å². The van der Waals surface area contributed by atoms with Crippen molar-refractivity contribution in [3.05, 3.63) is 0 Å². The molecule has 21 heteroatoms. The maximum absolute atomic E-state index is 14.3. The summed E-state index contributed by atoms with van der Waals surface area (Å²) in [5.74, 6) is -7.57. The number of hydrogen-bond acceptors (Lipinski definition) is 3. The molecule has 266 valence electrons. The second kappa shape index (κ2) is 11.1. The van der Waals surface area contributed by atoms with Gasteiger partial charge in [0.25, 0.3) is 16.8 Å². The van der Waals surface area contributed by atoms with Gasteiger partial charge in [-0.15, -0.1) is 0 Å². The van der Waals surface area contributed by atoms with Gasteiger partial charge >= 0.3 is 37.1 Å². The molecule has 0 heterocycles. The van der Waals surface area contributed by atoms with Gasteiger partial charge in [-0.05, 0) is 74.0 Å². The van der Waals surface area contributed by atoms with E-state index in [4.69, 9.17) is 0 Å². The third kappa shape index (κ3) is 6.55. The lowest BCUT2D eigenvalue weighted by Gasteiger charge is -2.43. The third-order valence-corrected chi connectivity index (χ3v) is 9.39. The average Bonchev–Trinajstić information content (AvgIpc) is 3.09. The van der Waals surface area contributed by atoms with Gasteiger partial charge in [0.1, 0.15) is 0 Å². The first-order valence-electron chi connectivity index (χ1n) is 13.3. The number of ether oxygens (including phenoxy) is 1. The first-order chi connectivity index (χ1) is 19.7. The smallest absolute Gasteiger partial charge is 0.374 e. The van der Waals surface area contributed by atoms with Crippen LogP contribution in [-0.2, 0) is 4.74 Å². The predicted octanol–water partition coefficient (Wildman–Crippen LogP) is 8.44. The molecule has 0 aromatic carbocycles. The molecule has 5 unspecified atom stereocenters. The highest BCUT2D eigenvalue weighted by atomic mass is 19.4. The molecule has 4 aliphatic carbocycles. The Morgan fingerprint density at radius 1 is 0.556 bits per heavy atom. The van der Waals surface area contributed by atoms with E-state index in [0.717, 1.165) is 0 Å². The van der Waals surface area contributed by atoms with Crippen molar-refractivity contribution in [2.45, 2.75) is 112 Å². The zero-order valence-electron chi connectivity index (χ0n) is 22.6. The molecule has 2 N–H and O–H groups in total. The molecule has 0 aliphatic heterocycles. The van der Waals surface area contributed by atoms with Crippen molar-refractivity contribution in [3.63, 3.8) is 0 Å². The summed E-state index contributed by atoms with van der Waals surface area (Å²) in [6.07, 6.45) is -52.1. The standard InChI is InChI=1S/C24H26F18O3/c1-9(6-16(43,19(25,26)27)20(28,29)30)2-3-10(7-17(44,21(31,32)33)22(34,35)36)8-18(23(37,38)39,24(40,41)42)45-15-11-4-12-13(5-11)14(12)15/h9-15,43-44H,2-8H2,1H3. The second-order valence-corrected chi connectivity index (χ2v) is 12.4. The zero-order valence-corrected chi connectivity index (χ0v) is 22.6. The number of hydrogen-bond donors (Lipinski definition) is 2. The van der Waals surface area contributed by atoms with Crippen LogP contribution in [-0.4, -0.2) is 70.2 Å². The van der Waals surface area contributed by atoms with Crippen LogP contribution >= 0.6 is 0 Å². The Kier molecular flexibility index (Phi) is 9.38. The minimum absolute atomic E-state index is 0.163. The number of aliphatic hydroxyl groups is 2. The van der Waals surface area contributed by atoms with Crippen LogP contribution in [0.2, 0.25) is 0 Å². The van der Waals surface area contributed by atoms with E-state index in [-0.39, 0.29) is 24.7 Å². The van der Waals surface area contributed by atoms with Crippen molar-refractivity contribution in [1.29, 1.82) is 0 Å². The first kappa shape index (κ1) is 38.1. The molecular weight excluding hydrogens is 678 g/mol. The molecule has 0 aromatic heterocycles. The summed E-state index contributed by atoms with van der Waals surface area (Å²) < 4.78 is 250. The Labute approximate surface area is 242 Å². The summed E-state index contributed by atoms with van der Waals surface area (Å²) in [6.45, 7) is 0.454. The van der Waals surface area contributed by atoms with Crippen LogP contribution in [0.25, 0.3) is 0 Å². The van der Waals surface area contributed by atoms with E-state index in [1.165, 1.54) is 0 Å². The lowest BCUT2D eigenvalue weighted by Crippen LogP contribution is -2.63. The van der Waals surface area contributed by atoms with Crippen LogP contribution in [0.1, 0.15) is 51.9 Å². The molecule has 0 saturated heterocycles. The van der Waals surface area contributed by atoms with Gasteiger partial charge < -0.3 is 14.9 Å². The second-order valence-electron chi connectivity index (χ2n) is 12.4. The van der Waals surface area contributed by atoms with Crippen LogP contribution in [0.5, 0.6) is 0 Å². The summed E-state index contributed by atoms with van der Waals surface area (Å²) in [5.41, 5.74) is -16.9. The summed E-state index contributed by atoms with van der Waals surface area (Å²) in [6, 6.07) is 0. The topological polar surface area (TPSA) is 49.7 Å². The zero-order chi connectivity index (χ0) is 35.2. The molecule has 0 spiro atoms. The van der Waals surface area contributed by atoms with Gasteiger partial charge in [0.2, 0.25) is 0 Å². The van der Waals surface area contributed by atoms with Crippen LogP contribution in [0, 0.1) is 35.5 Å². The van der Waals surface area contributed by atoms with Crippen molar-refractivity contribution in [1.82, 2.24) is 0 Å². The van der Waals surface area contributed by atoms with Crippen LogP contribution < -0.4 is 0 Å². The fraction of sp³-hybridized carbons (Fsp3) is 1.00. The summed E-state index contributed by atoms with van der Waals surface area (Å²) >= 11 is 0. The fourth-order valence-electron chi connectivity index (χ4n) is 7.00. The van der Waals surface area contributed by atoms with Crippen LogP contribution in [0.3, 0.4) is 0 Å². The van der Waals surface area contributed by atoms with E-state index in [1.807, 2.05) is 0 Å². The van der Waals surface area contributed by atoms with E-state index in [0.29, 0.717) is 6.92 Å². The van der Waals surface area contributed by atoms with E-state index >= 15 is 0 Å². The van der Waals surface area contributed by atoms with E-state index in [1.54, 1.807) is 0 Å². The molecule has 4 bridgehead atoms. The summed E-state index contributed by atoms with van der Waals surface area (Å²) in [4.78, 5) is 0. The van der Waals surface area contributed by atoms with Crippen LogP contribution in [0.15, 0.2) is 0 Å². The Morgan fingerprint density at radius 3 is 1.24 bits per heavy atom. The Morgan fingerprint density at radius 2 is 0.933 bits per heavy atom. The molecule has 4 rings (SSSR count). The van der Waals surface area contributed by atoms with Crippen molar-refractivity contribution in [3.8, 4) is 0 Å². The molecule has 4 aliphatic rings. The van der Waals surface area contributed by atoms with Crippen molar-refractivity contribution in [2.24, 2.45) is 35.5 Å². The van der Waals surface area contributed by atoms with E-state index < -0.39 is 116 Å². The first-order valence-corrected chi connectivity index (χ1v) is 13.3. The maximum Gasteiger partial charge on any atom is 0.426 e. The molecule has 4 saturated carbocycles. The number of alkyl halides is 18. The van der Waals surface area contributed by atoms with Gasteiger partial charge in [0.15, 0.2) is 0 Å². The minimum atomic E-state index is -6.75. The lowest BCUT2D eigenvalue weighted by atomic mass is 9.76. The largest absolute Gasteiger partial charge is 0.426 e. The third-order valence-electron chi connectivity index (χ3n) is 9.39. The monoisotopic (exact) mass is 704 g/mol. The van der Waals surface area contributed by atoms with E-state index in [2.05, 4.69) is 4.74 Å².